The fraction of sp³-hybridized carbons (Fsp3) is 0.455. The molecule has 1 amide bonds. The Kier molecular flexibility index (Phi) is 2.85. The number of hydrogen-bond acceptors (Lipinski definition) is 3. The summed E-state index contributed by atoms with van der Waals surface area (Å²) in [5.74, 6) is 0.526. The molecule has 0 N–H and O–H groups in total. The minimum absolute atomic E-state index is 0.211. The summed E-state index contributed by atoms with van der Waals surface area (Å²) in [5, 5.41) is 0. The molecule has 2 heterocycles. The maximum atomic E-state index is 11.5. The van der Waals surface area contributed by atoms with Gasteiger partial charge in [0.15, 0.2) is 6.39 Å². The average Bonchev–Trinajstić information content (AvgIpc) is 2.84. The van der Waals surface area contributed by atoms with E-state index in [1.807, 2.05) is 11.0 Å². The predicted molar refractivity (Wildman–Crippen MR) is 55.1 cm³/mol. The van der Waals surface area contributed by atoms with E-state index in [0.29, 0.717) is 12.3 Å². The zero-order valence-corrected chi connectivity index (χ0v) is 8.56. The molecule has 0 bridgehead atoms. The smallest absolute Gasteiger partial charge is 0.223 e. The second-order valence-electron chi connectivity index (χ2n) is 3.77. The highest BCUT2D eigenvalue weighted by Crippen LogP contribution is 2.18. The van der Waals surface area contributed by atoms with E-state index in [1.54, 1.807) is 6.26 Å². The summed E-state index contributed by atoms with van der Waals surface area (Å²) in [6.45, 7) is 5.23. The van der Waals surface area contributed by atoms with E-state index in [2.05, 4.69) is 11.6 Å². The molecular weight excluding hydrogens is 192 g/mol. The lowest BCUT2D eigenvalue weighted by molar-refractivity contribution is -0.127. The predicted octanol–water partition coefficient (Wildman–Crippen LogP) is 1.25. The van der Waals surface area contributed by atoms with E-state index in [0.717, 1.165) is 25.2 Å². The maximum absolute atomic E-state index is 11.5. The van der Waals surface area contributed by atoms with Crippen molar-refractivity contribution in [2.24, 2.45) is 5.92 Å². The molecule has 1 atom stereocenters. The van der Waals surface area contributed by atoms with Gasteiger partial charge >= 0.3 is 0 Å². The molecule has 0 spiro atoms. The van der Waals surface area contributed by atoms with Crippen molar-refractivity contribution in [2.75, 3.05) is 13.1 Å². The minimum atomic E-state index is 0.211. The topological polar surface area (TPSA) is 46.3 Å². The Labute approximate surface area is 88.6 Å². The summed E-state index contributed by atoms with van der Waals surface area (Å²) in [6.07, 6.45) is 6.24. The lowest BCUT2D eigenvalue weighted by Crippen LogP contribution is -2.27. The lowest BCUT2D eigenvalue weighted by Gasteiger charge is -2.14. The highest BCUT2D eigenvalue weighted by atomic mass is 16.3. The van der Waals surface area contributed by atoms with Crippen LogP contribution >= 0.6 is 0 Å². The number of aromatic nitrogens is 1. The number of nitrogens with zero attached hydrogens (tertiary/aromatic N) is 2. The van der Waals surface area contributed by atoms with Crippen molar-refractivity contribution in [1.82, 2.24) is 9.88 Å². The number of carbonyl (C=O) groups excluding carboxylic acids is 1. The number of carbonyl (C=O) groups is 1. The molecule has 1 unspecified atom stereocenters. The van der Waals surface area contributed by atoms with Crippen molar-refractivity contribution in [2.45, 2.75) is 12.8 Å². The molecule has 80 valence electrons. The summed E-state index contributed by atoms with van der Waals surface area (Å²) < 4.78 is 4.87. The molecule has 0 radical (unpaired) electrons. The fourth-order valence-electron chi connectivity index (χ4n) is 1.79. The van der Waals surface area contributed by atoms with Crippen LogP contribution in [0.1, 0.15) is 12.1 Å². The van der Waals surface area contributed by atoms with Crippen LogP contribution in [0.25, 0.3) is 0 Å². The van der Waals surface area contributed by atoms with Crippen LogP contribution in [0.4, 0.5) is 0 Å². The van der Waals surface area contributed by atoms with E-state index >= 15 is 0 Å². The van der Waals surface area contributed by atoms with Gasteiger partial charge in [-0.2, -0.15) is 0 Å². The van der Waals surface area contributed by atoms with Gasteiger partial charge in [-0.1, -0.05) is 6.08 Å². The SMILES string of the molecule is C=CC1CC(=O)N(CCc2cocn2)C1. The summed E-state index contributed by atoms with van der Waals surface area (Å²) in [6, 6.07) is 0. The third-order valence-electron chi connectivity index (χ3n) is 2.70. The van der Waals surface area contributed by atoms with E-state index < -0.39 is 0 Å². The second kappa shape index (κ2) is 4.29. The van der Waals surface area contributed by atoms with Gasteiger partial charge in [0, 0.05) is 31.8 Å². The molecule has 4 nitrogen and oxygen atoms in total. The summed E-state index contributed by atoms with van der Waals surface area (Å²) in [4.78, 5) is 17.4. The Bertz CT molecular complexity index is 345. The van der Waals surface area contributed by atoms with Gasteiger partial charge in [-0.3, -0.25) is 4.79 Å². The molecule has 15 heavy (non-hydrogen) atoms. The van der Waals surface area contributed by atoms with Gasteiger partial charge in [0.1, 0.15) is 6.26 Å². The Morgan fingerprint density at radius 3 is 3.20 bits per heavy atom. The molecule has 1 aromatic heterocycles. The van der Waals surface area contributed by atoms with Crippen LogP contribution in [0, 0.1) is 5.92 Å². The third kappa shape index (κ3) is 2.26. The van der Waals surface area contributed by atoms with Crippen molar-refractivity contribution >= 4 is 5.91 Å². The summed E-state index contributed by atoms with van der Waals surface area (Å²) in [5.41, 5.74) is 0.893. The summed E-state index contributed by atoms with van der Waals surface area (Å²) >= 11 is 0. The first-order chi connectivity index (χ1) is 7.29. The van der Waals surface area contributed by atoms with Crippen LogP contribution in [0.15, 0.2) is 29.7 Å². The van der Waals surface area contributed by atoms with Crippen LogP contribution in [0.2, 0.25) is 0 Å². The molecule has 1 aromatic rings. The molecular formula is C11H14N2O2. The van der Waals surface area contributed by atoms with Crippen molar-refractivity contribution in [3.63, 3.8) is 0 Å². The van der Waals surface area contributed by atoms with E-state index in [-0.39, 0.29) is 5.91 Å². The van der Waals surface area contributed by atoms with Gasteiger partial charge in [0.2, 0.25) is 5.91 Å². The second-order valence-corrected chi connectivity index (χ2v) is 3.77. The normalized spacial score (nSPS) is 20.9. The molecule has 0 aliphatic carbocycles. The number of amides is 1. The molecule has 1 saturated heterocycles. The lowest BCUT2D eigenvalue weighted by atomic mass is 10.1. The van der Waals surface area contributed by atoms with E-state index in [4.69, 9.17) is 4.42 Å². The molecule has 0 aromatic carbocycles. The highest BCUT2D eigenvalue weighted by molar-refractivity contribution is 5.78. The van der Waals surface area contributed by atoms with Crippen molar-refractivity contribution < 1.29 is 9.21 Å². The van der Waals surface area contributed by atoms with E-state index in [9.17, 15) is 4.79 Å². The Morgan fingerprint density at radius 1 is 1.73 bits per heavy atom. The first kappa shape index (κ1) is 9.96. The Morgan fingerprint density at radius 2 is 2.60 bits per heavy atom. The van der Waals surface area contributed by atoms with Gasteiger partial charge in [0.25, 0.3) is 0 Å². The molecule has 2 rings (SSSR count). The van der Waals surface area contributed by atoms with Gasteiger partial charge in [0.05, 0.1) is 5.69 Å². The molecule has 4 heteroatoms. The van der Waals surface area contributed by atoms with Crippen molar-refractivity contribution in [1.29, 1.82) is 0 Å². The molecule has 0 saturated carbocycles. The largest absolute Gasteiger partial charge is 0.451 e. The first-order valence-electron chi connectivity index (χ1n) is 5.07. The quantitative estimate of drug-likeness (QED) is 0.696. The van der Waals surface area contributed by atoms with Gasteiger partial charge in [-0.15, -0.1) is 6.58 Å². The van der Waals surface area contributed by atoms with Crippen molar-refractivity contribution in [3.8, 4) is 0 Å². The van der Waals surface area contributed by atoms with Crippen LogP contribution in [0.5, 0.6) is 0 Å². The van der Waals surface area contributed by atoms with Gasteiger partial charge in [-0.25, -0.2) is 4.98 Å². The molecule has 1 aliphatic heterocycles. The Balaban J connectivity index is 1.85. The third-order valence-corrected chi connectivity index (χ3v) is 2.70. The zero-order valence-electron chi connectivity index (χ0n) is 8.56. The standard InChI is InChI=1S/C11H14N2O2/c1-2-9-5-11(14)13(6-9)4-3-10-7-15-8-12-10/h2,7-9H,1,3-6H2. The van der Waals surface area contributed by atoms with Crippen LogP contribution < -0.4 is 0 Å². The first-order valence-corrected chi connectivity index (χ1v) is 5.07. The minimum Gasteiger partial charge on any atom is -0.451 e. The summed E-state index contributed by atoms with van der Waals surface area (Å²) in [7, 11) is 0. The number of likely N-dealkylation sites (tertiary alicyclic amines) is 1. The monoisotopic (exact) mass is 206 g/mol. The van der Waals surface area contributed by atoms with Crippen LogP contribution in [-0.2, 0) is 11.2 Å². The Hall–Kier alpha value is -1.58. The highest BCUT2D eigenvalue weighted by Gasteiger charge is 2.26. The van der Waals surface area contributed by atoms with Crippen LogP contribution in [-0.4, -0.2) is 28.9 Å². The van der Waals surface area contributed by atoms with E-state index in [1.165, 1.54) is 6.39 Å². The van der Waals surface area contributed by atoms with Crippen LogP contribution in [0.3, 0.4) is 0 Å². The fourth-order valence-corrected chi connectivity index (χ4v) is 1.79. The maximum Gasteiger partial charge on any atom is 0.223 e. The van der Waals surface area contributed by atoms with Gasteiger partial charge < -0.3 is 9.32 Å². The number of hydrogen-bond donors (Lipinski definition) is 0. The zero-order chi connectivity index (χ0) is 10.7. The van der Waals surface area contributed by atoms with Gasteiger partial charge in [-0.05, 0) is 0 Å². The number of rotatable bonds is 4. The molecule has 1 aliphatic rings. The van der Waals surface area contributed by atoms with Crippen molar-refractivity contribution in [3.05, 3.63) is 31.0 Å². The average molecular weight is 206 g/mol. The number of oxazole rings is 1. The molecule has 1 fully saturated rings.